The number of fused-ring (bicyclic) bond motifs is 2. The van der Waals surface area contributed by atoms with Crippen LogP contribution in [0.3, 0.4) is 0 Å². The predicted octanol–water partition coefficient (Wildman–Crippen LogP) is 4.21. The highest BCUT2D eigenvalue weighted by atomic mass is 14.7. The molecule has 0 saturated carbocycles. The van der Waals surface area contributed by atoms with Gasteiger partial charge < -0.3 is 5.73 Å². The van der Waals surface area contributed by atoms with E-state index >= 15 is 0 Å². The maximum Gasteiger partial charge on any atom is 0.0726 e. The number of aryl methyl sites for hydroxylation is 1. The average Bonchev–Trinajstić information content (AvgIpc) is 2.46. The number of hydrogen-bond acceptors (Lipinski definition) is 2. The summed E-state index contributed by atoms with van der Waals surface area (Å²) in [5.41, 5.74) is 12.4. The summed E-state index contributed by atoms with van der Waals surface area (Å²) in [5, 5.41) is 1.15. The van der Waals surface area contributed by atoms with Crippen LogP contribution in [-0.4, -0.2) is 4.98 Å². The highest BCUT2D eigenvalue weighted by Crippen LogP contribution is 2.33. The van der Waals surface area contributed by atoms with Crippen molar-refractivity contribution in [1.82, 2.24) is 4.98 Å². The van der Waals surface area contributed by atoms with Gasteiger partial charge in [-0.3, -0.25) is 4.98 Å². The van der Waals surface area contributed by atoms with Gasteiger partial charge in [-0.25, -0.2) is 0 Å². The van der Waals surface area contributed by atoms with Crippen molar-refractivity contribution in [2.24, 2.45) is 0 Å². The highest BCUT2D eigenvalue weighted by molar-refractivity contribution is 5.92. The molecule has 0 bridgehead atoms. The molecule has 2 nitrogen and oxygen atoms in total. The van der Waals surface area contributed by atoms with Gasteiger partial charge >= 0.3 is 0 Å². The fraction of sp³-hybridized carbons (Fsp3) is 0.471. The predicted molar refractivity (Wildman–Crippen MR) is 81.5 cm³/mol. The number of rotatable bonds is 2. The quantitative estimate of drug-likeness (QED) is 0.872. The van der Waals surface area contributed by atoms with Crippen molar-refractivity contribution in [3.8, 4) is 0 Å². The molecule has 1 aromatic heterocycles. The monoisotopic (exact) mass is 254 g/mol. The molecule has 2 aromatic rings. The van der Waals surface area contributed by atoms with Gasteiger partial charge in [-0.15, -0.1) is 0 Å². The van der Waals surface area contributed by atoms with E-state index < -0.39 is 0 Å². The number of anilines is 1. The summed E-state index contributed by atoms with van der Waals surface area (Å²) >= 11 is 0. The van der Waals surface area contributed by atoms with E-state index in [-0.39, 0.29) is 0 Å². The molecule has 0 saturated heterocycles. The summed E-state index contributed by atoms with van der Waals surface area (Å²) in [4.78, 5) is 4.82. The summed E-state index contributed by atoms with van der Waals surface area (Å²) in [6, 6.07) is 6.60. The minimum atomic E-state index is 0.583. The first-order valence-corrected chi connectivity index (χ1v) is 7.41. The minimum Gasteiger partial charge on any atom is -0.398 e. The van der Waals surface area contributed by atoms with Crippen LogP contribution in [0.25, 0.3) is 10.9 Å². The van der Waals surface area contributed by atoms with E-state index in [4.69, 9.17) is 10.7 Å². The zero-order valence-electron chi connectivity index (χ0n) is 11.9. The smallest absolute Gasteiger partial charge is 0.0726 e. The molecule has 3 rings (SSSR count). The van der Waals surface area contributed by atoms with Crippen molar-refractivity contribution in [2.75, 3.05) is 5.73 Å². The van der Waals surface area contributed by atoms with Crippen LogP contribution in [0, 0.1) is 0 Å². The van der Waals surface area contributed by atoms with E-state index in [0.717, 1.165) is 35.9 Å². The van der Waals surface area contributed by atoms with Crippen LogP contribution in [0.4, 0.5) is 5.69 Å². The third-order valence-electron chi connectivity index (χ3n) is 4.51. The van der Waals surface area contributed by atoms with Crippen molar-refractivity contribution >= 4 is 16.6 Å². The van der Waals surface area contributed by atoms with E-state index in [1.54, 1.807) is 0 Å². The molecule has 1 unspecified atom stereocenters. The maximum absolute atomic E-state index is 6.41. The molecule has 1 aliphatic rings. The van der Waals surface area contributed by atoms with Gasteiger partial charge in [0.2, 0.25) is 0 Å². The second kappa shape index (κ2) is 4.84. The number of hydrogen-bond donors (Lipinski definition) is 1. The largest absolute Gasteiger partial charge is 0.398 e. The first kappa shape index (κ1) is 12.5. The van der Waals surface area contributed by atoms with Crippen LogP contribution in [0.2, 0.25) is 0 Å². The van der Waals surface area contributed by atoms with Gasteiger partial charge in [0.25, 0.3) is 0 Å². The van der Waals surface area contributed by atoms with Gasteiger partial charge in [0.15, 0.2) is 0 Å². The van der Waals surface area contributed by atoms with Crippen LogP contribution in [0.1, 0.15) is 55.8 Å². The molecule has 1 atom stereocenters. The first-order valence-electron chi connectivity index (χ1n) is 7.41. The lowest BCUT2D eigenvalue weighted by molar-refractivity contribution is 0.673. The lowest BCUT2D eigenvalue weighted by Gasteiger charge is -2.19. The number of pyridine rings is 1. The molecule has 1 heterocycles. The molecule has 0 radical (unpaired) electrons. The summed E-state index contributed by atoms with van der Waals surface area (Å²) in [6.45, 7) is 4.49. The highest BCUT2D eigenvalue weighted by Gasteiger charge is 2.17. The molecular formula is C17H22N2. The summed E-state index contributed by atoms with van der Waals surface area (Å²) in [5.74, 6) is 0.583. The second-order valence-electron chi connectivity index (χ2n) is 5.74. The Balaban J connectivity index is 2.19. The van der Waals surface area contributed by atoms with E-state index in [9.17, 15) is 0 Å². The molecule has 0 amide bonds. The molecule has 0 spiro atoms. The van der Waals surface area contributed by atoms with Gasteiger partial charge in [0.05, 0.1) is 5.52 Å². The maximum atomic E-state index is 6.41. The van der Waals surface area contributed by atoms with Crippen LogP contribution >= 0.6 is 0 Å². The Morgan fingerprint density at radius 3 is 2.84 bits per heavy atom. The Morgan fingerprint density at radius 1 is 1.26 bits per heavy atom. The zero-order valence-corrected chi connectivity index (χ0v) is 11.9. The first-order chi connectivity index (χ1) is 9.20. The Kier molecular flexibility index (Phi) is 3.17. The number of aromatic nitrogens is 1. The normalized spacial score (nSPS) is 16.3. The van der Waals surface area contributed by atoms with Gasteiger partial charge in [0.1, 0.15) is 0 Å². The van der Waals surface area contributed by atoms with Gasteiger partial charge in [-0.1, -0.05) is 19.9 Å². The molecule has 100 valence electrons. The Morgan fingerprint density at radius 2 is 2.05 bits per heavy atom. The van der Waals surface area contributed by atoms with E-state index in [2.05, 4.69) is 32.0 Å². The molecular weight excluding hydrogens is 232 g/mol. The number of nitrogens with zero attached hydrogens (tertiary/aromatic N) is 1. The molecule has 0 aliphatic heterocycles. The fourth-order valence-electron chi connectivity index (χ4n) is 3.02. The Hall–Kier alpha value is -1.57. The van der Waals surface area contributed by atoms with Crippen molar-refractivity contribution in [3.05, 3.63) is 35.0 Å². The second-order valence-corrected chi connectivity index (χ2v) is 5.74. The lowest BCUT2D eigenvalue weighted by Crippen LogP contribution is -2.09. The molecule has 1 aliphatic carbocycles. The molecule has 2 N–H and O–H groups in total. The molecule has 1 aromatic carbocycles. The van der Waals surface area contributed by atoms with Gasteiger partial charge in [-0.2, -0.15) is 0 Å². The Bertz CT molecular complexity index is 616. The third kappa shape index (κ3) is 2.09. The van der Waals surface area contributed by atoms with E-state index in [1.165, 1.54) is 29.7 Å². The molecule has 0 fully saturated rings. The summed E-state index contributed by atoms with van der Waals surface area (Å²) in [6.07, 6.45) is 5.83. The Labute approximate surface area is 115 Å². The van der Waals surface area contributed by atoms with Gasteiger partial charge in [0, 0.05) is 16.8 Å². The summed E-state index contributed by atoms with van der Waals surface area (Å²) in [7, 11) is 0. The minimum absolute atomic E-state index is 0.583. The molecule has 19 heavy (non-hydrogen) atoms. The average molecular weight is 254 g/mol. The molecule has 2 heteroatoms. The van der Waals surface area contributed by atoms with Crippen molar-refractivity contribution in [2.45, 2.75) is 51.9 Å². The van der Waals surface area contributed by atoms with Crippen LogP contribution in [0.5, 0.6) is 0 Å². The van der Waals surface area contributed by atoms with E-state index in [1.807, 2.05) is 0 Å². The topological polar surface area (TPSA) is 38.9 Å². The van der Waals surface area contributed by atoms with Crippen molar-refractivity contribution in [1.29, 1.82) is 0 Å². The van der Waals surface area contributed by atoms with Crippen molar-refractivity contribution in [3.63, 3.8) is 0 Å². The lowest BCUT2D eigenvalue weighted by atomic mass is 9.91. The van der Waals surface area contributed by atoms with Crippen LogP contribution < -0.4 is 5.73 Å². The third-order valence-corrected chi connectivity index (χ3v) is 4.51. The SMILES string of the molecule is CCC(C)c1ccc2nc3c(c(N)c2c1)CCCC3. The standard InChI is InChI=1S/C17H22N2/c1-3-11(2)12-8-9-16-14(10-12)17(18)13-6-4-5-7-15(13)19-16/h8-11H,3-7H2,1-2H3,(H2,18,19). The number of benzene rings is 1. The fourth-order valence-corrected chi connectivity index (χ4v) is 3.02. The summed E-state index contributed by atoms with van der Waals surface area (Å²) < 4.78 is 0. The van der Waals surface area contributed by atoms with Crippen LogP contribution in [0.15, 0.2) is 18.2 Å². The van der Waals surface area contributed by atoms with Gasteiger partial charge in [-0.05, 0) is 61.3 Å². The number of nitrogens with two attached hydrogens (primary N) is 1. The zero-order chi connectivity index (χ0) is 13.4. The van der Waals surface area contributed by atoms with Crippen molar-refractivity contribution < 1.29 is 0 Å². The van der Waals surface area contributed by atoms with E-state index in [0.29, 0.717) is 5.92 Å². The number of nitrogen functional groups attached to an aromatic ring is 1. The van der Waals surface area contributed by atoms with Crippen LogP contribution in [-0.2, 0) is 12.8 Å².